The first-order chi connectivity index (χ1) is 4.74. The minimum atomic E-state index is 0.450. The van der Waals surface area contributed by atoms with Crippen LogP contribution in [0.3, 0.4) is 0 Å². The fraction of sp³-hybridized carbons (Fsp3) is 0.778. The van der Waals surface area contributed by atoms with Crippen molar-refractivity contribution in [3.63, 3.8) is 0 Å². The van der Waals surface area contributed by atoms with Gasteiger partial charge in [0.15, 0.2) is 0 Å². The molecule has 0 aliphatic heterocycles. The van der Waals surface area contributed by atoms with Crippen molar-refractivity contribution in [3.05, 3.63) is 12.7 Å². The Morgan fingerprint density at radius 2 is 2.20 bits per heavy atom. The SMILES string of the molecule is C=C[C@H]1CCC(N)CC1C. The summed E-state index contributed by atoms with van der Waals surface area (Å²) in [5, 5.41) is 0. The largest absolute Gasteiger partial charge is 0.328 e. The topological polar surface area (TPSA) is 26.0 Å². The molecule has 1 aliphatic carbocycles. The summed E-state index contributed by atoms with van der Waals surface area (Å²) in [6.07, 6.45) is 5.68. The molecule has 3 atom stereocenters. The lowest BCUT2D eigenvalue weighted by Gasteiger charge is -2.30. The van der Waals surface area contributed by atoms with Gasteiger partial charge >= 0.3 is 0 Å². The first-order valence-electron chi connectivity index (χ1n) is 4.12. The summed E-state index contributed by atoms with van der Waals surface area (Å²) < 4.78 is 0. The molecule has 0 amide bonds. The van der Waals surface area contributed by atoms with Gasteiger partial charge < -0.3 is 5.73 Å². The Labute approximate surface area is 63.3 Å². The molecule has 58 valence electrons. The Balaban J connectivity index is 2.43. The van der Waals surface area contributed by atoms with Gasteiger partial charge in [0.25, 0.3) is 0 Å². The summed E-state index contributed by atoms with van der Waals surface area (Å²) in [6, 6.07) is 0.450. The molecule has 0 aromatic rings. The van der Waals surface area contributed by atoms with E-state index in [1.165, 1.54) is 19.3 Å². The summed E-state index contributed by atoms with van der Waals surface area (Å²) in [5.41, 5.74) is 5.81. The van der Waals surface area contributed by atoms with Gasteiger partial charge in [-0.25, -0.2) is 0 Å². The Morgan fingerprint density at radius 1 is 1.50 bits per heavy atom. The Kier molecular flexibility index (Phi) is 2.50. The third-order valence-corrected chi connectivity index (χ3v) is 2.58. The molecule has 1 nitrogen and oxygen atoms in total. The lowest BCUT2D eigenvalue weighted by Crippen LogP contribution is -2.31. The molecule has 0 bridgehead atoms. The van der Waals surface area contributed by atoms with E-state index in [2.05, 4.69) is 19.6 Å². The molecule has 0 radical (unpaired) electrons. The molecular weight excluding hydrogens is 122 g/mol. The third-order valence-electron chi connectivity index (χ3n) is 2.58. The number of hydrogen-bond donors (Lipinski definition) is 1. The predicted octanol–water partition coefficient (Wildman–Crippen LogP) is 1.94. The zero-order valence-corrected chi connectivity index (χ0v) is 6.72. The highest BCUT2D eigenvalue weighted by Gasteiger charge is 2.22. The standard InChI is InChI=1S/C9H17N/c1-3-8-4-5-9(10)6-7(8)2/h3,7-9H,1,4-6,10H2,2H3/t7?,8-,9?/m0/s1. The van der Waals surface area contributed by atoms with Crippen LogP contribution in [0.15, 0.2) is 12.7 Å². The van der Waals surface area contributed by atoms with Crippen LogP contribution in [-0.2, 0) is 0 Å². The molecule has 0 spiro atoms. The Morgan fingerprint density at radius 3 is 2.70 bits per heavy atom. The maximum atomic E-state index is 5.81. The molecule has 1 aliphatic rings. The lowest BCUT2D eigenvalue weighted by atomic mass is 9.78. The van der Waals surface area contributed by atoms with Crippen LogP contribution in [0.2, 0.25) is 0 Å². The van der Waals surface area contributed by atoms with E-state index >= 15 is 0 Å². The molecule has 1 fully saturated rings. The van der Waals surface area contributed by atoms with E-state index in [4.69, 9.17) is 5.73 Å². The van der Waals surface area contributed by atoms with Gasteiger partial charge in [0.05, 0.1) is 0 Å². The molecular formula is C9H17N. The Bertz CT molecular complexity index is 120. The van der Waals surface area contributed by atoms with Crippen LogP contribution < -0.4 is 5.73 Å². The number of nitrogens with two attached hydrogens (primary N) is 1. The van der Waals surface area contributed by atoms with Crippen LogP contribution in [-0.4, -0.2) is 6.04 Å². The maximum absolute atomic E-state index is 5.81. The average molecular weight is 139 g/mol. The maximum Gasteiger partial charge on any atom is 0.00417 e. The quantitative estimate of drug-likeness (QED) is 0.552. The summed E-state index contributed by atoms with van der Waals surface area (Å²) in [5.74, 6) is 1.47. The van der Waals surface area contributed by atoms with Crippen LogP contribution in [0.1, 0.15) is 26.2 Å². The highest BCUT2D eigenvalue weighted by Crippen LogP contribution is 2.29. The van der Waals surface area contributed by atoms with Crippen molar-refractivity contribution in [1.29, 1.82) is 0 Å². The third kappa shape index (κ3) is 1.60. The minimum Gasteiger partial charge on any atom is -0.328 e. The fourth-order valence-electron chi connectivity index (χ4n) is 1.81. The molecule has 1 rings (SSSR count). The summed E-state index contributed by atoms with van der Waals surface area (Å²) in [4.78, 5) is 0. The lowest BCUT2D eigenvalue weighted by molar-refractivity contribution is 0.277. The van der Waals surface area contributed by atoms with Gasteiger partial charge in [-0.2, -0.15) is 0 Å². The predicted molar refractivity (Wildman–Crippen MR) is 44.7 cm³/mol. The van der Waals surface area contributed by atoms with Crippen LogP contribution in [0.5, 0.6) is 0 Å². The van der Waals surface area contributed by atoms with Crippen molar-refractivity contribution in [2.45, 2.75) is 32.2 Å². The first-order valence-corrected chi connectivity index (χ1v) is 4.12. The van der Waals surface area contributed by atoms with Crippen molar-refractivity contribution in [1.82, 2.24) is 0 Å². The number of allylic oxidation sites excluding steroid dienone is 1. The van der Waals surface area contributed by atoms with E-state index < -0.39 is 0 Å². The van der Waals surface area contributed by atoms with E-state index in [0.717, 1.165) is 11.8 Å². The highest BCUT2D eigenvalue weighted by atomic mass is 14.6. The molecule has 0 saturated heterocycles. The molecule has 0 aromatic heterocycles. The van der Waals surface area contributed by atoms with Crippen molar-refractivity contribution < 1.29 is 0 Å². The van der Waals surface area contributed by atoms with Gasteiger partial charge in [-0.05, 0) is 31.1 Å². The van der Waals surface area contributed by atoms with E-state index in [0.29, 0.717) is 6.04 Å². The van der Waals surface area contributed by atoms with Gasteiger partial charge in [-0.3, -0.25) is 0 Å². The van der Waals surface area contributed by atoms with E-state index in [-0.39, 0.29) is 0 Å². The number of rotatable bonds is 1. The van der Waals surface area contributed by atoms with Gasteiger partial charge in [0.1, 0.15) is 0 Å². The van der Waals surface area contributed by atoms with Crippen LogP contribution in [0, 0.1) is 11.8 Å². The normalized spacial score (nSPS) is 41.2. The molecule has 2 unspecified atom stereocenters. The van der Waals surface area contributed by atoms with E-state index in [9.17, 15) is 0 Å². The van der Waals surface area contributed by atoms with Gasteiger partial charge in [0, 0.05) is 6.04 Å². The zero-order valence-electron chi connectivity index (χ0n) is 6.72. The van der Waals surface area contributed by atoms with Gasteiger partial charge in [-0.1, -0.05) is 13.0 Å². The average Bonchev–Trinajstić information content (AvgIpc) is 1.88. The second-order valence-electron chi connectivity index (χ2n) is 3.45. The number of hydrogen-bond acceptors (Lipinski definition) is 1. The minimum absolute atomic E-state index is 0.450. The van der Waals surface area contributed by atoms with Crippen molar-refractivity contribution in [3.8, 4) is 0 Å². The van der Waals surface area contributed by atoms with Crippen molar-refractivity contribution in [2.24, 2.45) is 17.6 Å². The molecule has 0 aromatic carbocycles. The summed E-state index contributed by atoms with van der Waals surface area (Å²) in [6.45, 7) is 6.09. The fourth-order valence-corrected chi connectivity index (χ4v) is 1.81. The van der Waals surface area contributed by atoms with E-state index in [1.54, 1.807) is 0 Å². The van der Waals surface area contributed by atoms with Crippen LogP contribution in [0.4, 0.5) is 0 Å². The molecule has 1 saturated carbocycles. The molecule has 0 heterocycles. The molecule has 1 heteroatoms. The monoisotopic (exact) mass is 139 g/mol. The summed E-state index contributed by atoms with van der Waals surface area (Å²) in [7, 11) is 0. The summed E-state index contributed by atoms with van der Waals surface area (Å²) >= 11 is 0. The van der Waals surface area contributed by atoms with Gasteiger partial charge in [-0.15, -0.1) is 6.58 Å². The Hall–Kier alpha value is -0.300. The first kappa shape index (κ1) is 7.80. The van der Waals surface area contributed by atoms with Crippen LogP contribution >= 0.6 is 0 Å². The second-order valence-corrected chi connectivity index (χ2v) is 3.45. The smallest absolute Gasteiger partial charge is 0.00417 e. The van der Waals surface area contributed by atoms with Crippen LogP contribution in [0.25, 0.3) is 0 Å². The van der Waals surface area contributed by atoms with E-state index in [1.807, 2.05) is 0 Å². The molecule has 2 N–H and O–H groups in total. The van der Waals surface area contributed by atoms with Crippen molar-refractivity contribution in [2.75, 3.05) is 0 Å². The van der Waals surface area contributed by atoms with Gasteiger partial charge in [0.2, 0.25) is 0 Å². The highest BCUT2D eigenvalue weighted by molar-refractivity contribution is 4.89. The van der Waals surface area contributed by atoms with Crippen molar-refractivity contribution >= 4 is 0 Å². The zero-order chi connectivity index (χ0) is 7.56. The molecule has 10 heavy (non-hydrogen) atoms. The second kappa shape index (κ2) is 3.20.